The third-order valence-corrected chi connectivity index (χ3v) is 4.25. The minimum absolute atomic E-state index is 0.00959. The van der Waals surface area contributed by atoms with E-state index in [0.29, 0.717) is 25.9 Å². The number of amidine groups is 1. The number of piperidine rings is 1. The number of likely N-dealkylation sites (tertiary alicyclic amines) is 1. The van der Waals surface area contributed by atoms with E-state index in [2.05, 4.69) is 15.8 Å². The van der Waals surface area contributed by atoms with Gasteiger partial charge in [-0.2, -0.15) is 18.3 Å². The van der Waals surface area contributed by atoms with E-state index in [1.165, 1.54) is 13.1 Å². The second-order valence-electron chi connectivity index (χ2n) is 5.69. The van der Waals surface area contributed by atoms with Gasteiger partial charge in [0.15, 0.2) is 0 Å². The number of hydrogen-bond donors (Lipinski definition) is 2. The zero-order valence-corrected chi connectivity index (χ0v) is 15.1. The highest BCUT2D eigenvalue weighted by Gasteiger charge is 2.32. The number of ether oxygens (including phenoxy) is 1. The quantitative estimate of drug-likeness (QED) is 0.471. The van der Waals surface area contributed by atoms with Gasteiger partial charge in [-0.3, -0.25) is 4.79 Å². The Morgan fingerprint density at radius 2 is 1.96 bits per heavy atom. The number of hydrazone groups is 1. The fraction of sp³-hybridized carbons (Fsp3) is 0.500. The molecule has 10 heteroatoms. The molecule has 2 N–H and O–H groups in total. The first-order valence-electron chi connectivity index (χ1n) is 8.01. The lowest BCUT2D eigenvalue weighted by atomic mass is 10.1. The summed E-state index contributed by atoms with van der Waals surface area (Å²) in [5.74, 6) is -0.0550. The Kier molecular flexibility index (Phi) is 6.57. The van der Waals surface area contributed by atoms with E-state index in [-0.39, 0.29) is 28.6 Å². The van der Waals surface area contributed by atoms with E-state index in [0.717, 1.165) is 12.1 Å². The van der Waals surface area contributed by atoms with E-state index in [1.807, 2.05) is 0 Å². The van der Waals surface area contributed by atoms with E-state index in [9.17, 15) is 18.0 Å². The summed E-state index contributed by atoms with van der Waals surface area (Å²) < 4.78 is 44.2. The number of amides is 1. The standard InChI is InChI=1S/C16H20ClF3N4O2/c1-21-15(25)14(23-22-2)24-7-5-11(6-8-24)26-13-9-10(16(18,19)20)3-4-12(13)17/h3-4,9,11,22H,5-8H2,1-2H3,(H,21,25)/b23-14+. The monoisotopic (exact) mass is 392 g/mol. The Morgan fingerprint density at radius 3 is 2.50 bits per heavy atom. The van der Waals surface area contributed by atoms with Crippen molar-refractivity contribution >= 4 is 23.3 Å². The molecule has 6 nitrogen and oxygen atoms in total. The number of halogens is 4. The molecule has 26 heavy (non-hydrogen) atoms. The Bertz CT molecular complexity index is 674. The number of likely N-dealkylation sites (N-methyl/N-ethyl adjacent to an activating group) is 1. The number of hydrogen-bond acceptors (Lipinski definition) is 4. The Balaban J connectivity index is 2.03. The van der Waals surface area contributed by atoms with Crippen LogP contribution in [-0.4, -0.2) is 49.9 Å². The highest BCUT2D eigenvalue weighted by atomic mass is 35.5. The first-order chi connectivity index (χ1) is 12.3. The molecule has 1 saturated heterocycles. The first kappa shape index (κ1) is 20.2. The minimum atomic E-state index is -4.46. The predicted octanol–water partition coefficient (Wildman–Crippen LogP) is 2.48. The normalized spacial score (nSPS) is 16.4. The van der Waals surface area contributed by atoms with Crippen molar-refractivity contribution in [2.24, 2.45) is 5.10 Å². The fourth-order valence-electron chi connectivity index (χ4n) is 2.62. The van der Waals surface area contributed by atoms with Gasteiger partial charge in [0.2, 0.25) is 5.84 Å². The third-order valence-electron chi connectivity index (χ3n) is 3.94. The van der Waals surface area contributed by atoms with Crippen molar-refractivity contribution in [3.05, 3.63) is 28.8 Å². The van der Waals surface area contributed by atoms with Crippen molar-refractivity contribution in [1.29, 1.82) is 0 Å². The Hall–Kier alpha value is -2.16. The molecule has 1 aromatic rings. The molecule has 2 rings (SSSR count). The molecule has 0 aliphatic carbocycles. The lowest BCUT2D eigenvalue weighted by Crippen LogP contribution is -2.48. The van der Waals surface area contributed by atoms with E-state index in [1.54, 1.807) is 11.9 Å². The molecule has 1 fully saturated rings. The number of nitrogens with zero attached hydrogens (tertiary/aromatic N) is 2. The van der Waals surface area contributed by atoms with Gasteiger partial charge in [0.1, 0.15) is 11.9 Å². The fourth-order valence-corrected chi connectivity index (χ4v) is 2.78. The molecule has 0 radical (unpaired) electrons. The highest BCUT2D eigenvalue weighted by Crippen LogP contribution is 2.35. The summed E-state index contributed by atoms with van der Waals surface area (Å²) in [6.45, 7) is 0.963. The van der Waals surface area contributed by atoms with Gasteiger partial charge in [-0.15, -0.1) is 0 Å². The van der Waals surface area contributed by atoms with Crippen LogP contribution in [0.25, 0.3) is 0 Å². The molecule has 0 aromatic heterocycles. The zero-order chi connectivity index (χ0) is 19.3. The number of benzene rings is 1. The maximum absolute atomic E-state index is 12.8. The van der Waals surface area contributed by atoms with Gasteiger partial charge in [-0.05, 0) is 18.2 Å². The van der Waals surface area contributed by atoms with Crippen molar-refractivity contribution in [3.8, 4) is 5.75 Å². The summed E-state index contributed by atoms with van der Waals surface area (Å²) in [7, 11) is 3.10. The molecule has 1 aliphatic heterocycles. The van der Waals surface area contributed by atoms with Gasteiger partial charge >= 0.3 is 6.18 Å². The van der Waals surface area contributed by atoms with Crippen molar-refractivity contribution in [3.63, 3.8) is 0 Å². The number of alkyl halides is 3. The van der Waals surface area contributed by atoms with Crippen molar-refractivity contribution < 1.29 is 22.7 Å². The van der Waals surface area contributed by atoms with Gasteiger partial charge in [0.05, 0.1) is 10.6 Å². The summed E-state index contributed by atoms with van der Waals surface area (Å²) in [4.78, 5) is 13.7. The maximum Gasteiger partial charge on any atom is 0.416 e. The van der Waals surface area contributed by atoms with Crippen molar-refractivity contribution in [1.82, 2.24) is 15.6 Å². The van der Waals surface area contributed by atoms with Crippen LogP contribution in [0.3, 0.4) is 0 Å². The molecule has 0 atom stereocenters. The second-order valence-corrected chi connectivity index (χ2v) is 6.09. The largest absolute Gasteiger partial charge is 0.489 e. The smallest absolute Gasteiger partial charge is 0.416 e. The van der Waals surface area contributed by atoms with Gasteiger partial charge in [0, 0.05) is 40.0 Å². The van der Waals surface area contributed by atoms with E-state index in [4.69, 9.17) is 16.3 Å². The van der Waals surface area contributed by atoms with Gasteiger partial charge < -0.3 is 20.4 Å². The molecule has 1 heterocycles. The van der Waals surface area contributed by atoms with Gasteiger partial charge in [0.25, 0.3) is 5.91 Å². The summed E-state index contributed by atoms with van der Waals surface area (Å²) in [6, 6.07) is 3.01. The summed E-state index contributed by atoms with van der Waals surface area (Å²) in [6.07, 6.45) is -3.72. The SMILES string of the molecule is CN/N=C(\C(=O)NC)N1CCC(Oc2cc(C(F)(F)F)ccc2Cl)CC1. The molecular weight excluding hydrogens is 373 g/mol. The molecule has 144 valence electrons. The summed E-state index contributed by atoms with van der Waals surface area (Å²) >= 11 is 5.96. The predicted molar refractivity (Wildman–Crippen MR) is 92.2 cm³/mol. The van der Waals surface area contributed by atoms with Crippen molar-refractivity contribution in [2.45, 2.75) is 25.1 Å². The zero-order valence-electron chi connectivity index (χ0n) is 14.4. The van der Waals surface area contributed by atoms with Crippen LogP contribution in [0.15, 0.2) is 23.3 Å². The first-order valence-corrected chi connectivity index (χ1v) is 8.39. The number of carbonyl (C=O) groups excluding carboxylic acids is 1. The molecule has 0 bridgehead atoms. The van der Waals surface area contributed by atoms with Crippen LogP contribution < -0.4 is 15.5 Å². The minimum Gasteiger partial charge on any atom is -0.489 e. The summed E-state index contributed by atoms with van der Waals surface area (Å²) in [5.41, 5.74) is 1.78. The number of rotatable bonds is 3. The van der Waals surface area contributed by atoms with Crippen molar-refractivity contribution in [2.75, 3.05) is 27.2 Å². The van der Waals surface area contributed by atoms with Gasteiger partial charge in [-0.25, -0.2) is 0 Å². The molecule has 0 spiro atoms. The second kappa shape index (κ2) is 8.48. The van der Waals surface area contributed by atoms with Crippen LogP contribution in [-0.2, 0) is 11.0 Å². The molecule has 0 unspecified atom stereocenters. The number of nitrogens with one attached hydrogen (secondary N) is 2. The van der Waals surface area contributed by atoms with Gasteiger partial charge in [-0.1, -0.05) is 11.6 Å². The van der Waals surface area contributed by atoms with Crippen LogP contribution >= 0.6 is 11.6 Å². The Morgan fingerprint density at radius 1 is 1.31 bits per heavy atom. The van der Waals surface area contributed by atoms with Crippen LogP contribution in [0.2, 0.25) is 5.02 Å². The Labute approximate surface area is 154 Å². The average Bonchev–Trinajstić information content (AvgIpc) is 2.61. The molecule has 1 aliphatic rings. The topological polar surface area (TPSA) is 66.0 Å². The highest BCUT2D eigenvalue weighted by molar-refractivity contribution is 6.37. The lowest BCUT2D eigenvalue weighted by Gasteiger charge is -2.33. The van der Waals surface area contributed by atoms with Crippen LogP contribution in [0.5, 0.6) is 5.75 Å². The van der Waals surface area contributed by atoms with E-state index < -0.39 is 11.7 Å². The van der Waals surface area contributed by atoms with Crippen LogP contribution in [0, 0.1) is 0 Å². The van der Waals surface area contributed by atoms with Crippen LogP contribution in [0.1, 0.15) is 18.4 Å². The third kappa shape index (κ3) is 4.94. The molecule has 1 amide bonds. The maximum atomic E-state index is 12.8. The molecular formula is C16H20ClF3N4O2. The average molecular weight is 393 g/mol. The lowest BCUT2D eigenvalue weighted by molar-refractivity contribution is -0.137. The van der Waals surface area contributed by atoms with E-state index >= 15 is 0 Å². The summed E-state index contributed by atoms with van der Waals surface area (Å²) in [5, 5.41) is 6.62. The number of carbonyl (C=O) groups is 1. The molecule has 1 aromatic carbocycles. The molecule has 0 saturated carbocycles. The van der Waals surface area contributed by atoms with Crippen LogP contribution in [0.4, 0.5) is 13.2 Å².